The van der Waals surface area contributed by atoms with Gasteiger partial charge in [-0.2, -0.15) is 9.97 Å². The van der Waals surface area contributed by atoms with Crippen molar-refractivity contribution < 1.29 is 13.5 Å². The Bertz CT molecular complexity index is 1390. The number of nitrogens with one attached hydrogen (secondary N) is 2. The fraction of sp³-hybridized carbons (Fsp3) is 0.481. The second-order valence-electron chi connectivity index (χ2n) is 10.1. The number of benzene rings is 1. The molecule has 1 aliphatic carbocycles. The third-order valence-corrected chi connectivity index (χ3v) is 7.37. The first-order valence-corrected chi connectivity index (χ1v) is 13.1. The van der Waals surface area contributed by atoms with Crippen LogP contribution in [0.4, 0.5) is 20.4 Å². The third-order valence-electron chi connectivity index (χ3n) is 7.37. The standard InChI is InChI=1S/C27H31F2N7O/c1-3-16-14-31-20(17-4-5-17)12-21(16)33-23-13-24(36-8-6-30-7-9-36)35-27(34-23)37-22-11-19(28)26-18(25(22)29)10-15(2)32-26/h10-11,13,16-17,30,32H,3-9,12,14H2,1-2H3. The van der Waals surface area contributed by atoms with Crippen LogP contribution in [-0.4, -0.2) is 59.1 Å². The van der Waals surface area contributed by atoms with Gasteiger partial charge in [0.15, 0.2) is 23.2 Å². The van der Waals surface area contributed by atoms with Crippen LogP contribution in [0.1, 0.15) is 38.3 Å². The molecule has 2 aliphatic heterocycles. The van der Waals surface area contributed by atoms with Gasteiger partial charge in [-0.25, -0.2) is 13.8 Å². The van der Waals surface area contributed by atoms with Crippen molar-refractivity contribution in [1.29, 1.82) is 0 Å². The van der Waals surface area contributed by atoms with Gasteiger partial charge in [0.1, 0.15) is 5.82 Å². The van der Waals surface area contributed by atoms with Crippen molar-refractivity contribution in [2.24, 2.45) is 21.8 Å². The monoisotopic (exact) mass is 507 g/mol. The number of rotatable bonds is 6. The van der Waals surface area contributed by atoms with E-state index in [0.29, 0.717) is 23.2 Å². The summed E-state index contributed by atoms with van der Waals surface area (Å²) < 4.78 is 35.8. The van der Waals surface area contributed by atoms with Gasteiger partial charge in [0.05, 0.1) is 5.52 Å². The van der Waals surface area contributed by atoms with Gasteiger partial charge in [-0.3, -0.25) is 4.99 Å². The molecule has 194 valence electrons. The summed E-state index contributed by atoms with van der Waals surface area (Å²) in [5.41, 5.74) is 3.08. The second-order valence-corrected chi connectivity index (χ2v) is 10.1. The number of halogens is 2. The number of aromatic amines is 1. The molecule has 2 N–H and O–H groups in total. The van der Waals surface area contributed by atoms with Crippen molar-refractivity contribution in [1.82, 2.24) is 20.3 Å². The lowest BCUT2D eigenvalue weighted by atomic mass is 9.91. The summed E-state index contributed by atoms with van der Waals surface area (Å²) >= 11 is 0. The highest BCUT2D eigenvalue weighted by molar-refractivity contribution is 6.09. The smallest absolute Gasteiger partial charge is 0.326 e. The Morgan fingerprint density at radius 2 is 1.95 bits per heavy atom. The highest BCUT2D eigenvalue weighted by Gasteiger charge is 2.32. The molecule has 0 amide bonds. The number of hydrogen-bond acceptors (Lipinski definition) is 7. The number of nitrogens with zero attached hydrogens (tertiary/aromatic N) is 5. The van der Waals surface area contributed by atoms with Crippen LogP contribution in [0.15, 0.2) is 28.2 Å². The average Bonchev–Trinajstić information content (AvgIpc) is 3.68. The maximum absolute atomic E-state index is 15.3. The maximum Gasteiger partial charge on any atom is 0.326 e. The van der Waals surface area contributed by atoms with Crippen LogP contribution < -0.4 is 15.0 Å². The number of ether oxygens (including phenoxy) is 1. The van der Waals surface area contributed by atoms with Crippen molar-refractivity contribution in [3.05, 3.63) is 35.5 Å². The molecule has 2 aromatic heterocycles. The van der Waals surface area contributed by atoms with E-state index in [-0.39, 0.29) is 28.6 Å². The molecule has 1 unspecified atom stereocenters. The zero-order valence-electron chi connectivity index (χ0n) is 21.2. The van der Waals surface area contributed by atoms with Crippen molar-refractivity contribution in [3.8, 4) is 11.8 Å². The lowest BCUT2D eigenvalue weighted by Gasteiger charge is -2.28. The first-order chi connectivity index (χ1) is 18.0. The molecule has 1 saturated carbocycles. The Kier molecular flexibility index (Phi) is 6.36. The normalized spacial score (nSPS) is 21.5. The fourth-order valence-corrected chi connectivity index (χ4v) is 5.12. The SMILES string of the molecule is CCC1CN=C(C2CC2)CC1=Nc1cc(N2CCNCC2)nc(Oc2cc(F)c3[nH]c(C)cc3c2F)n1. The summed E-state index contributed by atoms with van der Waals surface area (Å²) in [5.74, 6) is 0.455. The van der Waals surface area contributed by atoms with E-state index >= 15 is 4.39 Å². The first kappa shape index (κ1) is 24.0. The Morgan fingerprint density at radius 3 is 2.70 bits per heavy atom. The minimum Gasteiger partial charge on any atom is -0.421 e. The van der Waals surface area contributed by atoms with Crippen LogP contribution in [0.25, 0.3) is 10.9 Å². The number of piperazine rings is 1. The summed E-state index contributed by atoms with van der Waals surface area (Å²) in [6, 6.07) is 4.39. The van der Waals surface area contributed by atoms with Crippen molar-refractivity contribution >= 4 is 34.0 Å². The number of hydrogen-bond donors (Lipinski definition) is 2. The zero-order chi connectivity index (χ0) is 25.5. The number of aryl methyl sites for hydroxylation is 1. The van der Waals surface area contributed by atoms with E-state index in [9.17, 15) is 4.39 Å². The topological polar surface area (TPSA) is 90.8 Å². The van der Waals surface area contributed by atoms with Gasteiger partial charge < -0.3 is 19.9 Å². The summed E-state index contributed by atoms with van der Waals surface area (Å²) in [5, 5.41) is 3.47. The van der Waals surface area contributed by atoms with Crippen LogP contribution in [0.5, 0.6) is 11.8 Å². The molecule has 3 aromatic rings. The molecule has 6 rings (SSSR count). The van der Waals surface area contributed by atoms with Crippen molar-refractivity contribution in [2.75, 3.05) is 37.6 Å². The molecule has 4 heterocycles. The summed E-state index contributed by atoms with van der Waals surface area (Å²) in [4.78, 5) is 23.9. The molecule has 0 radical (unpaired) electrons. The van der Waals surface area contributed by atoms with E-state index in [2.05, 4.69) is 32.1 Å². The summed E-state index contributed by atoms with van der Waals surface area (Å²) in [6.45, 7) is 7.83. The van der Waals surface area contributed by atoms with Gasteiger partial charge in [0, 0.05) is 79.7 Å². The van der Waals surface area contributed by atoms with Gasteiger partial charge in [-0.05, 0) is 38.2 Å². The minimum atomic E-state index is -0.659. The van der Waals surface area contributed by atoms with Gasteiger partial charge in [-0.1, -0.05) is 6.92 Å². The molecule has 3 aliphatic rings. The minimum absolute atomic E-state index is 0.0553. The quantitative estimate of drug-likeness (QED) is 0.485. The van der Waals surface area contributed by atoms with E-state index in [1.54, 1.807) is 13.0 Å². The highest BCUT2D eigenvalue weighted by Crippen LogP contribution is 2.36. The highest BCUT2D eigenvalue weighted by atomic mass is 19.1. The molecule has 1 atom stereocenters. The molecule has 8 nitrogen and oxygen atoms in total. The van der Waals surface area contributed by atoms with Gasteiger partial charge in [0.2, 0.25) is 0 Å². The number of aromatic nitrogens is 3. The molecule has 2 fully saturated rings. The van der Waals surface area contributed by atoms with E-state index in [1.165, 1.54) is 18.6 Å². The summed E-state index contributed by atoms with van der Waals surface area (Å²) in [6.07, 6.45) is 4.11. The van der Waals surface area contributed by atoms with Gasteiger partial charge in [0.25, 0.3) is 0 Å². The van der Waals surface area contributed by atoms with Crippen LogP contribution in [0.2, 0.25) is 0 Å². The van der Waals surface area contributed by atoms with E-state index in [4.69, 9.17) is 14.7 Å². The predicted octanol–water partition coefficient (Wildman–Crippen LogP) is 5.10. The predicted molar refractivity (Wildman–Crippen MR) is 141 cm³/mol. The third kappa shape index (κ3) is 4.94. The number of anilines is 1. The van der Waals surface area contributed by atoms with Crippen LogP contribution in [-0.2, 0) is 0 Å². The van der Waals surface area contributed by atoms with Crippen LogP contribution in [0, 0.1) is 30.4 Å². The summed E-state index contributed by atoms with van der Waals surface area (Å²) in [7, 11) is 0. The van der Waals surface area contributed by atoms with E-state index in [1.807, 2.05) is 6.07 Å². The molecule has 1 saturated heterocycles. The fourth-order valence-electron chi connectivity index (χ4n) is 5.12. The Labute approximate surface area is 214 Å². The zero-order valence-corrected chi connectivity index (χ0v) is 21.2. The maximum atomic E-state index is 15.3. The molecule has 10 heteroatoms. The van der Waals surface area contributed by atoms with E-state index < -0.39 is 11.6 Å². The molecular formula is C27H31F2N7O. The van der Waals surface area contributed by atoms with Gasteiger partial charge >= 0.3 is 6.01 Å². The lowest BCUT2D eigenvalue weighted by molar-refractivity contribution is 0.410. The molecular weight excluding hydrogens is 476 g/mol. The van der Waals surface area contributed by atoms with Crippen LogP contribution in [0.3, 0.4) is 0 Å². The Balaban J connectivity index is 1.38. The first-order valence-electron chi connectivity index (χ1n) is 13.1. The van der Waals surface area contributed by atoms with E-state index in [0.717, 1.165) is 57.3 Å². The Hall–Kier alpha value is -3.40. The lowest BCUT2D eigenvalue weighted by Crippen LogP contribution is -2.43. The number of fused-ring (bicyclic) bond motifs is 1. The van der Waals surface area contributed by atoms with Crippen molar-refractivity contribution in [3.63, 3.8) is 0 Å². The molecule has 0 bridgehead atoms. The molecule has 37 heavy (non-hydrogen) atoms. The average molecular weight is 508 g/mol. The van der Waals surface area contributed by atoms with Crippen molar-refractivity contribution in [2.45, 2.75) is 39.5 Å². The Morgan fingerprint density at radius 1 is 1.14 bits per heavy atom. The molecule has 1 aromatic carbocycles. The second kappa shape index (κ2) is 9.81. The largest absolute Gasteiger partial charge is 0.421 e. The van der Waals surface area contributed by atoms with Gasteiger partial charge in [-0.15, -0.1) is 0 Å². The van der Waals surface area contributed by atoms with Crippen LogP contribution >= 0.6 is 0 Å². The number of H-pyrrole nitrogens is 1. The molecule has 0 spiro atoms. The number of aliphatic imine (C=N–C) groups is 2.